The minimum atomic E-state index is 0.909. The molecule has 9 aromatic rings. The molecule has 52 heavy (non-hydrogen) atoms. The Morgan fingerprint density at radius 2 is 0.827 bits per heavy atom. The maximum Gasteiger partial charge on any atom is 0.143 e. The normalized spacial score (nSPS) is 11.3. The number of anilines is 3. The molecule has 0 spiro atoms. The zero-order valence-corrected chi connectivity index (χ0v) is 29.3. The third kappa shape index (κ3) is 5.95. The second-order valence-electron chi connectivity index (χ2n) is 13.6. The molecule has 8 aromatic carbocycles. The van der Waals surface area contributed by atoms with Crippen LogP contribution in [-0.4, -0.2) is 0 Å². The minimum absolute atomic E-state index is 0.909. The molecule has 0 fully saturated rings. The molecule has 0 radical (unpaired) electrons. The van der Waals surface area contributed by atoms with Crippen LogP contribution in [-0.2, 0) is 0 Å². The zero-order chi connectivity index (χ0) is 35.0. The van der Waals surface area contributed by atoms with Gasteiger partial charge in [-0.25, -0.2) is 0 Å². The second-order valence-corrected chi connectivity index (χ2v) is 13.6. The first-order chi connectivity index (χ1) is 25.6. The summed E-state index contributed by atoms with van der Waals surface area (Å²) in [6.07, 6.45) is 0. The van der Waals surface area contributed by atoms with E-state index in [1.54, 1.807) is 0 Å². The summed E-state index contributed by atoms with van der Waals surface area (Å²) in [5, 5.41) is 2.28. The Hall–Kier alpha value is -6.64. The molecule has 1 heterocycles. The van der Waals surface area contributed by atoms with Gasteiger partial charge in [0.05, 0.1) is 0 Å². The van der Waals surface area contributed by atoms with Crippen LogP contribution in [0.25, 0.3) is 66.4 Å². The molecule has 0 amide bonds. The van der Waals surface area contributed by atoms with Crippen molar-refractivity contribution in [3.8, 4) is 44.5 Å². The van der Waals surface area contributed by atoms with E-state index in [0.29, 0.717) is 0 Å². The standard InChI is InChI=1S/C50H37NO/c1-34-16-18-36(19-17-34)41-10-6-11-42(33-41)38-22-28-44(29-23-38)51(43-26-20-37(21-27-43)40-9-5-8-35(2)32-40)45-30-24-39(25-31-45)46-13-7-14-48-47-12-3-4-15-49(47)52-50(46)48/h3-33H,1-2H3. The summed E-state index contributed by atoms with van der Waals surface area (Å²) in [6.45, 7) is 4.26. The fourth-order valence-corrected chi connectivity index (χ4v) is 7.27. The highest BCUT2D eigenvalue weighted by Gasteiger charge is 2.16. The molecule has 0 aliphatic carbocycles. The third-order valence-corrected chi connectivity index (χ3v) is 10.0. The molecule has 0 bridgehead atoms. The molecule has 0 saturated carbocycles. The van der Waals surface area contributed by atoms with Gasteiger partial charge in [0, 0.05) is 33.4 Å². The van der Waals surface area contributed by atoms with Crippen molar-refractivity contribution in [3.05, 3.63) is 199 Å². The van der Waals surface area contributed by atoms with E-state index < -0.39 is 0 Å². The Balaban J connectivity index is 1.09. The lowest BCUT2D eigenvalue weighted by molar-refractivity contribution is 0.670. The van der Waals surface area contributed by atoms with Crippen molar-refractivity contribution in [2.75, 3.05) is 4.90 Å². The molecular weight excluding hydrogens is 631 g/mol. The van der Waals surface area contributed by atoms with Gasteiger partial charge < -0.3 is 9.32 Å². The number of benzene rings is 8. The van der Waals surface area contributed by atoms with E-state index in [4.69, 9.17) is 4.42 Å². The van der Waals surface area contributed by atoms with Crippen LogP contribution in [0.5, 0.6) is 0 Å². The molecule has 9 rings (SSSR count). The van der Waals surface area contributed by atoms with Crippen LogP contribution in [0.3, 0.4) is 0 Å². The largest absolute Gasteiger partial charge is 0.455 e. The van der Waals surface area contributed by atoms with Gasteiger partial charge in [0.15, 0.2) is 0 Å². The topological polar surface area (TPSA) is 16.4 Å². The molecule has 0 saturated heterocycles. The molecule has 0 N–H and O–H groups in total. The Labute approximate surface area is 304 Å². The lowest BCUT2D eigenvalue weighted by Crippen LogP contribution is -2.09. The van der Waals surface area contributed by atoms with Crippen molar-refractivity contribution >= 4 is 39.0 Å². The number of aryl methyl sites for hydroxylation is 2. The van der Waals surface area contributed by atoms with Crippen LogP contribution in [0.4, 0.5) is 17.1 Å². The van der Waals surface area contributed by atoms with Crippen molar-refractivity contribution in [2.45, 2.75) is 13.8 Å². The number of para-hydroxylation sites is 2. The highest BCUT2D eigenvalue weighted by molar-refractivity contribution is 6.09. The summed E-state index contributed by atoms with van der Waals surface area (Å²) in [6, 6.07) is 67.5. The van der Waals surface area contributed by atoms with Crippen LogP contribution in [0.1, 0.15) is 11.1 Å². The van der Waals surface area contributed by atoms with Gasteiger partial charge in [0.2, 0.25) is 0 Å². The molecule has 0 aliphatic rings. The maximum absolute atomic E-state index is 6.38. The van der Waals surface area contributed by atoms with Crippen molar-refractivity contribution in [3.63, 3.8) is 0 Å². The average Bonchev–Trinajstić information content (AvgIpc) is 3.58. The van der Waals surface area contributed by atoms with Crippen molar-refractivity contribution in [2.24, 2.45) is 0 Å². The number of hydrogen-bond acceptors (Lipinski definition) is 2. The van der Waals surface area contributed by atoms with Gasteiger partial charge in [-0.1, -0.05) is 151 Å². The van der Waals surface area contributed by atoms with E-state index in [0.717, 1.165) is 50.1 Å². The first kappa shape index (κ1) is 31.3. The van der Waals surface area contributed by atoms with Crippen LogP contribution in [0.15, 0.2) is 192 Å². The number of furan rings is 1. The molecular formula is C50H37NO. The van der Waals surface area contributed by atoms with Crippen molar-refractivity contribution in [1.82, 2.24) is 0 Å². The number of hydrogen-bond donors (Lipinski definition) is 0. The van der Waals surface area contributed by atoms with E-state index in [1.165, 1.54) is 44.5 Å². The molecule has 0 aliphatic heterocycles. The predicted molar refractivity (Wildman–Crippen MR) is 220 cm³/mol. The van der Waals surface area contributed by atoms with Crippen molar-refractivity contribution < 1.29 is 4.42 Å². The second kappa shape index (κ2) is 13.2. The van der Waals surface area contributed by atoms with Crippen LogP contribution < -0.4 is 4.90 Å². The van der Waals surface area contributed by atoms with Gasteiger partial charge in [0.25, 0.3) is 0 Å². The summed E-state index contributed by atoms with van der Waals surface area (Å²) in [7, 11) is 0. The van der Waals surface area contributed by atoms with Crippen LogP contribution in [0, 0.1) is 13.8 Å². The van der Waals surface area contributed by atoms with Gasteiger partial charge >= 0.3 is 0 Å². The number of rotatable bonds is 7. The quantitative estimate of drug-likeness (QED) is 0.168. The third-order valence-electron chi connectivity index (χ3n) is 10.0. The van der Waals surface area contributed by atoms with E-state index in [2.05, 4.69) is 195 Å². The molecule has 2 heteroatoms. The molecule has 2 nitrogen and oxygen atoms in total. The van der Waals surface area contributed by atoms with E-state index in [9.17, 15) is 0 Å². The fourth-order valence-electron chi connectivity index (χ4n) is 7.27. The summed E-state index contributed by atoms with van der Waals surface area (Å²) in [4.78, 5) is 2.33. The average molecular weight is 668 g/mol. The number of nitrogens with zero attached hydrogens (tertiary/aromatic N) is 1. The van der Waals surface area contributed by atoms with E-state index in [-0.39, 0.29) is 0 Å². The monoisotopic (exact) mass is 667 g/mol. The fraction of sp³-hybridized carbons (Fsp3) is 0.0400. The maximum atomic E-state index is 6.38. The summed E-state index contributed by atoms with van der Waals surface area (Å²) in [5.74, 6) is 0. The highest BCUT2D eigenvalue weighted by atomic mass is 16.3. The highest BCUT2D eigenvalue weighted by Crippen LogP contribution is 2.40. The van der Waals surface area contributed by atoms with Crippen LogP contribution in [0.2, 0.25) is 0 Å². The Morgan fingerprint density at radius 1 is 0.346 bits per heavy atom. The summed E-state index contributed by atoms with van der Waals surface area (Å²) in [5.41, 5.74) is 17.1. The zero-order valence-electron chi connectivity index (χ0n) is 29.3. The van der Waals surface area contributed by atoms with Gasteiger partial charge in [0.1, 0.15) is 11.2 Å². The van der Waals surface area contributed by atoms with E-state index >= 15 is 0 Å². The lowest BCUT2D eigenvalue weighted by Gasteiger charge is -2.26. The smallest absolute Gasteiger partial charge is 0.143 e. The molecule has 248 valence electrons. The Morgan fingerprint density at radius 3 is 1.42 bits per heavy atom. The van der Waals surface area contributed by atoms with Gasteiger partial charge in [-0.3, -0.25) is 0 Å². The van der Waals surface area contributed by atoms with Gasteiger partial charge in [-0.15, -0.1) is 0 Å². The predicted octanol–water partition coefficient (Wildman–Crippen LogP) is 14.3. The first-order valence-electron chi connectivity index (χ1n) is 17.8. The minimum Gasteiger partial charge on any atom is -0.455 e. The van der Waals surface area contributed by atoms with Gasteiger partial charge in [-0.05, 0) is 101 Å². The molecule has 1 aromatic heterocycles. The number of fused-ring (bicyclic) bond motifs is 3. The van der Waals surface area contributed by atoms with Crippen LogP contribution >= 0.6 is 0 Å². The summed E-state index contributed by atoms with van der Waals surface area (Å²) < 4.78 is 6.38. The van der Waals surface area contributed by atoms with Crippen molar-refractivity contribution in [1.29, 1.82) is 0 Å². The summed E-state index contributed by atoms with van der Waals surface area (Å²) >= 11 is 0. The molecule has 0 unspecified atom stereocenters. The first-order valence-corrected chi connectivity index (χ1v) is 17.8. The van der Waals surface area contributed by atoms with E-state index in [1.807, 2.05) is 12.1 Å². The van der Waals surface area contributed by atoms with Gasteiger partial charge in [-0.2, -0.15) is 0 Å². The lowest BCUT2D eigenvalue weighted by atomic mass is 9.98. The SMILES string of the molecule is Cc1ccc(-c2cccc(-c3ccc(N(c4ccc(-c5cccc(C)c5)cc4)c4ccc(-c5cccc6c5oc5ccccc56)cc4)cc3)c2)cc1. The Kier molecular flexibility index (Phi) is 7.98. The Bertz CT molecular complexity index is 2660. The molecule has 0 atom stereocenters.